The van der Waals surface area contributed by atoms with E-state index in [4.69, 9.17) is 15.2 Å². The van der Waals surface area contributed by atoms with Crippen LogP contribution in [0, 0.1) is 11.7 Å². The Bertz CT molecular complexity index is 456. The Morgan fingerprint density at radius 2 is 1.52 bits per heavy atom. The summed E-state index contributed by atoms with van der Waals surface area (Å²) < 4.78 is 24.7. The zero-order chi connectivity index (χ0) is 15.2. The van der Waals surface area contributed by atoms with E-state index in [-0.39, 0.29) is 11.9 Å². The SMILES string of the molecule is COc1cc(F)c(C(N)C2CCCCCCC2)cc1OC. The topological polar surface area (TPSA) is 44.5 Å². The second-order valence-electron chi connectivity index (χ2n) is 5.86. The molecule has 1 aliphatic carbocycles. The molecule has 1 unspecified atom stereocenters. The molecule has 1 atom stereocenters. The van der Waals surface area contributed by atoms with Crippen molar-refractivity contribution in [2.45, 2.75) is 51.0 Å². The number of benzene rings is 1. The quantitative estimate of drug-likeness (QED) is 0.905. The van der Waals surface area contributed by atoms with Crippen LogP contribution in [-0.4, -0.2) is 14.2 Å². The van der Waals surface area contributed by atoms with E-state index < -0.39 is 0 Å². The van der Waals surface area contributed by atoms with Crippen LogP contribution in [0.25, 0.3) is 0 Å². The van der Waals surface area contributed by atoms with Crippen molar-refractivity contribution in [3.63, 3.8) is 0 Å². The Balaban J connectivity index is 2.22. The monoisotopic (exact) mass is 295 g/mol. The number of methoxy groups -OCH3 is 2. The lowest BCUT2D eigenvalue weighted by molar-refractivity contribution is 0.318. The van der Waals surface area contributed by atoms with Crippen molar-refractivity contribution in [3.05, 3.63) is 23.5 Å². The first kappa shape index (κ1) is 16.1. The van der Waals surface area contributed by atoms with Gasteiger partial charge in [-0.3, -0.25) is 0 Å². The van der Waals surface area contributed by atoms with Crippen molar-refractivity contribution in [1.29, 1.82) is 0 Å². The molecular formula is C17H26FNO2. The van der Waals surface area contributed by atoms with Gasteiger partial charge in [0.1, 0.15) is 5.82 Å². The minimum absolute atomic E-state index is 0.275. The Labute approximate surface area is 126 Å². The van der Waals surface area contributed by atoms with Gasteiger partial charge in [-0.05, 0) is 24.8 Å². The average Bonchev–Trinajstić information content (AvgIpc) is 2.46. The lowest BCUT2D eigenvalue weighted by Gasteiger charge is -2.27. The third-order valence-electron chi connectivity index (χ3n) is 4.52. The molecule has 1 aromatic carbocycles. The molecule has 2 rings (SSSR count). The molecule has 1 saturated carbocycles. The van der Waals surface area contributed by atoms with Crippen LogP contribution in [0.1, 0.15) is 56.6 Å². The molecular weight excluding hydrogens is 269 g/mol. The van der Waals surface area contributed by atoms with E-state index in [0.29, 0.717) is 23.0 Å². The zero-order valence-corrected chi connectivity index (χ0v) is 13.0. The molecule has 1 aromatic rings. The molecule has 0 amide bonds. The molecule has 1 aliphatic rings. The van der Waals surface area contributed by atoms with Gasteiger partial charge in [-0.1, -0.05) is 32.1 Å². The zero-order valence-electron chi connectivity index (χ0n) is 13.0. The second kappa shape index (κ2) is 7.64. The maximum Gasteiger partial charge on any atom is 0.163 e. The molecule has 0 aromatic heterocycles. The Kier molecular flexibility index (Phi) is 5.85. The predicted octanol–water partition coefficient (Wildman–Crippen LogP) is 4.20. The summed E-state index contributed by atoms with van der Waals surface area (Å²) in [7, 11) is 3.06. The highest BCUT2D eigenvalue weighted by atomic mass is 19.1. The van der Waals surface area contributed by atoms with E-state index in [1.54, 1.807) is 13.2 Å². The molecule has 0 spiro atoms. The molecule has 0 aliphatic heterocycles. The molecule has 2 N–H and O–H groups in total. The summed E-state index contributed by atoms with van der Waals surface area (Å²) in [5.41, 5.74) is 6.91. The number of hydrogen-bond acceptors (Lipinski definition) is 3. The van der Waals surface area contributed by atoms with Crippen molar-refractivity contribution in [2.75, 3.05) is 14.2 Å². The summed E-state index contributed by atoms with van der Waals surface area (Å²) in [6.45, 7) is 0. The Morgan fingerprint density at radius 3 is 2.10 bits per heavy atom. The molecule has 0 saturated heterocycles. The van der Waals surface area contributed by atoms with E-state index in [9.17, 15) is 4.39 Å². The van der Waals surface area contributed by atoms with Crippen LogP contribution in [0.5, 0.6) is 11.5 Å². The van der Waals surface area contributed by atoms with E-state index in [1.807, 2.05) is 0 Å². The minimum atomic E-state index is -0.304. The van der Waals surface area contributed by atoms with E-state index in [2.05, 4.69) is 0 Å². The fourth-order valence-corrected chi connectivity index (χ4v) is 3.23. The van der Waals surface area contributed by atoms with Crippen LogP contribution in [0.15, 0.2) is 12.1 Å². The third kappa shape index (κ3) is 3.88. The Morgan fingerprint density at radius 1 is 1.00 bits per heavy atom. The van der Waals surface area contributed by atoms with Crippen molar-refractivity contribution in [2.24, 2.45) is 11.7 Å². The number of nitrogens with two attached hydrogens (primary N) is 1. The molecule has 4 heteroatoms. The van der Waals surface area contributed by atoms with Crippen LogP contribution >= 0.6 is 0 Å². The summed E-state index contributed by atoms with van der Waals surface area (Å²) in [5.74, 6) is 0.985. The first-order chi connectivity index (χ1) is 10.2. The smallest absolute Gasteiger partial charge is 0.163 e. The van der Waals surface area contributed by atoms with Crippen LogP contribution in [0.3, 0.4) is 0 Å². The number of halogens is 1. The number of hydrogen-bond donors (Lipinski definition) is 1. The lowest BCUT2D eigenvalue weighted by atomic mass is 9.83. The average molecular weight is 295 g/mol. The number of ether oxygens (including phenoxy) is 2. The normalized spacial score (nSPS) is 18.7. The minimum Gasteiger partial charge on any atom is -0.493 e. The first-order valence-corrected chi connectivity index (χ1v) is 7.84. The number of rotatable bonds is 4. The summed E-state index contributed by atoms with van der Waals surface area (Å²) >= 11 is 0. The van der Waals surface area contributed by atoms with E-state index in [0.717, 1.165) is 12.8 Å². The van der Waals surface area contributed by atoms with Crippen molar-refractivity contribution < 1.29 is 13.9 Å². The van der Waals surface area contributed by atoms with Crippen LogP contribution in [-0.2, 0) is 0 Å². The fraction of sp³-hybridized carbons (Fsp3) is 0.647. The highest BCUT2D eigenvalue weighted by Crippen LogP contribution is 2.37. The van der Waals surface area contributed by atoms with E-state index >= 15 is 0 Å². The molecule has 3 nitrogen and oxygen atoms in total. The summed E-state index contributed by atoms with van der Waals surface area (Å²) in [4.78, 5) is 0. The van der Waals surface area contributed by atoms with Gasteiger partial charge in [-0.15, -0.1) is 0 Å². The highest BCUT2D eigenvalue weighted by Gasteiger charge is 2.24. The molecule has 118 valence electrons. The van der Waals surface area contributed by atoms with E-state index in [1.165, 1.54) is 45.3 Å². The van der Waals surface area contributed by atoms with Gasteiger partial charge in [0.15, 0.2) is 11.5 Å². The predicted molar refractivity (Wildman–Crippen MR) is 82.2 cm³/mol. The fourth-order valence-electron chi connectivity index (χ4n) is 3.23. The second-order valence-corrected chi connectivity index (χ2v) is 5.86. The van der Waals surface area contributed by atoms with Gasteiger partial charge in [-0.25, -0.2) is 4.39 Å². The van der Waals surface area contributed by atoms with Gasteiger partial charge in [0.05, 0.1) is 14.2 Å². The van der Waals surface area contributed by atoms with Crippen molar-refractivity contribution in [3.8, 4) is 11.5 Å². The van der Waals surface area contributed by atoms with Crippen molar-refractivity contribution in [1.82, 2.24) is 0 Å². The van der Waals surface area contributed by atoms with Gasteiger partial charge in [0.2, 0.25) is 0 Å². The van der Waals surface area contributed by atoms with Gasteiger partial charge < -0.3 is 15.2 Å². The maximum absolute atomic E-state index is 14.3. The third-order valence-corrected chi connectivity index (χ3v) is 4.52. The maximum atomic E-state index is 14.3. The summed E-state index contributed by atoms with van der Waals surface area (Å²) in [5, 5.41) is 0. The summed E-state index contributed by atoms with van der Waals surface area (Å²) in [6.07, 6.45) is 8.37. The molecule has 0 radical (unpaired) electrons. The summed E-state index contributed by atoms with van der Waals surface area (Å²) in [6, 6.07) is 2.79. The largest absolute Gasteiger partial charge is 0.493 e. The van der Waals surface area contributed by atoms with Gasteiger partial charge in [0.25, 0.3) is 0 Å². The van der Waals surface area contributed by atoms with Gasteiger partial charge in [-0.2, -0.15) is 0 Å². The van der Waals surface area contributed by atoms with Crippen molar-refractivity contribution >= 4 is 0 Å². The molecule has 0 heterocycles. The molecule has 21 heavy (non-hydrogen) atoms. The molecule has 0 bridgehead atoms. The van der Waals surface area contributed by atoms with Gasteiger partial charge in [0, 0.05) is 17.7 Å². The van der Waals surface area contributed by atoms with Crippen LogP contribution < -0.4 is 15.2 Å². The standard InChI is InChI=1S/C17H26FNO2/c1-20-15-10-13(14(18)11-16(15)21-2)17(19)12-8-6-4-3-5-7-9-12/h10-12,17H,3-9,19H2,1-2H3. The van der Waals surface area contributed by atoms with Crippen LogP contribution in [0.4, 0.5) is 4.39 Å². The Hall–Kier alpha value is -1.29. The highest BCUT2D eigenvalue weighted by molar-refractivity contribution is 5.44. The van der Waals surface area contributed by atoms with Gasteiger partial charge >= 0.3 is 0 Å². The molecule has 1 fully saturated rings. The van der Waals surface area contributed by atoms with Crippen LogP contribution in [0.2, 0.25) is 0 Å². The lowest BCUT2D eigenvalue weighted by Crippen LogP contribution is -2.23. The first-order valence-electron chi connectivity index (χ1n) is 7.84.